The van der Waals surface area contributed by atoms with Crippen LogP contribution in [-0.2, 0) is 21.5 Å². The van der Waals surface area contributed by atoms with Crippen molar-refractivity contribution in [3.8, 4) is 11.5 Å². The van der Waals surface area contributed by atoms with Gasteiger partial charge in [0.15, 0.2) is 11.5 Å². The van der Waals surface area contributed by atoms with E-state index in [-0.39, 0.29) is 44.3 Å². The van der Waals surface area contributed by atoms with E-state index in [9.17, 15) is 13.2 Å². The minimum atomic E-state index is -4.18. The van der Waals surface area contributed by atoms with Gasteiger partial charge in [-0.05, 0) is 49.2 Å². The molecule has 0 saturated heterocycles. The van der Waals surface area contributed by atoms with Crippen molar-refractivity contribution in [1.82, 2.24) is 4.90 Å². The van der Waals surface area contributed by atoms with Crippen molar-refractivity contribution in [3.05, 3.63) is 52.0 Å². The molecule has 0 saturated carbocycles. The normalized spacial score (nSPS) is 12.5. The predicted molar refractivity (Wildman–Crippen MR) is 122 cm³/mol. The van der Waals surface area contributed by atoms with Gasteiger partial charge in [0.25, 0.3) is 0 Å². The Morgan fingerprint density at radius 1 is 1.03 bits per heavy atom. The van der Waals surface area contributed by atoms with Crippen LogP contribution in [0.25, 0.3) is 0 Å². The van der Waals surface area contributed by atoms with Crippen LogP contribution in [0.1, 0.15) is 39.7 Å². The average molecular weight is 488 g/mol. The molecule has 0 aromatic heterocycles. The molecular formula is C22H27Cl2NO5S. The van der Waals surface area contributed by atoms with Crippen molar-refractivity contribution in [1.29, 1.82) is 0 Å². The first-order valence-electron chi connectivity index (χ1n) is 9.87. The molecule has 0 spiro atoms. The summed E-state index contributed by atoms with van der Waals surface area (Å²) in [5.41, 5.74) is 0.717. The number of methoxy groups -OCH3 is 1. The maximum Gasteiger partial charge on any atom is 0.339 e. The number of nitrogens with zero attached hydrogens (tertiary/aromatic N) is 1. The molecule has 2 aromatic rings. The summed E-state index contributed by atoms with van der Waals surface area (Å²) in [4.78, 5) is 14.3. The van der Waals surface area contributed by atoms with Gasteiger partial charge in [0.1, 0.15) is 4.90 Å². The Labute approximate surface area is 194 Å². The lowest BCUT2D eigenvalue weighted by Gasteiger charge is -2.30. The van der Waals surface area contributed by atoms with E-state index in [4.69, 9.17) is 32.1 Å². The zero-order valence-corrected chi connectivity index (χ0v) is 20.5. The number of hydrogen-bond donors (Lipinski definition) is 0. The Balaban J connectivity index is 2.39. The maximum atomic E-state index is 12.8. The first-order chi connectivity index (χ1) is 14.5. The van der Waals surface area contributed by atoms with Gasteiger partial charge in [0.2, 0.25) is 5.91 Å². The van der Waals surface area contributed by atoms with E-state index in [1.54, 1.807) is 23.1 Å². The smallest absolute Gasteiger partial charge is 0.339 e. The van der Waals surface area contributed by atoms with E-state index in [0.717, 1.165) is 12.0 Å². The molecule has 0 fully saturated rings. The molecule has 1 amide bonds. The van der Waals surface area contributed by atoms with Gasteiger partial charge in [-0.3, -0.25) is 4.79 Å². The van der Waals surface area contributed by atoms with E-state index < -0.39 is 10.1 Å². The van der Waals surface area contributed by atoms with Crippen LogP contribution in [0.3, 0.4) is 0 Å². The van der Waals surface area contributed by atoms with Crippen LogP contribution in [0.15, 0.2) is 41.3 Å². The quantitative estimate of drug-likeness (QED) is 0.433. The van der Waals surface area contributed by atoms with Crippen LogP contribution < -0.4 is 8.92 Å². The Morgan fingerprint density at radius 2 is 1.71 bits per heavy atom. The fourth-order valence-corrected chi connectivity index (χ4v) is 4.21. The topological polar surface area (TPSA) is 72.9 Å². The summed E-state index contributed by atoms with van der Waals surface area (Å²) in [6.45, 7) is 8.01. The van der Waals surface area contributed by atoms with E-state index in [0.29, 0.717) is 6.54 Å². The van der Waals surface area contributed by atoms with Gasteiger partial charge >= 0.3 is 10.1 Å². The second-order valence-corrected chi connectivity index (χ2v) is 9.84. The standard InChI is InChI=1S/C22H27Cl2NO5S/c1-6-15(4)25(22(26)14(2)3)13-16-7-10-20(29-5)21(11-16)30-31(27,28)17-8-9-18(23)19(24)12-17/h7-12,14-15H,6,13H2,1-5H3. The fourth-order valence-electron chi connectivity index (χ4n) is 2.88. The predicted octanol–water partition coefficient (Wildman–Crippen LogP) is 5.55. The van der Waals surface area contributed by atoms with Gasteiger partial charge < -0.3 is 13.8 Å². The van der Waals surface area contributed by atoms with Gasteiger partial charge in [0.05, 0.1) is 17.2 Å². The van der Waals surface area contributed by atoms with E-state index in [1.807, 2.05) is 27.7 Å². The summed E-state index contributed by atoms with van der Waals surface area (Å²) < 4.78 is 36.2. The zero-order chi connectivity index (χ0) is 23.3. The van der Waals surface area contributed by atoms with Crippen LogP contribution in [0.4, 0.5) is 0 Å². The monoisotopic (exact) mass is 487 g/mol. The zero-order valence-electron chi connectivity index (χ0n) is 18.2. The molecule has 0 aliphatic rings. The van der Waals surface area contributed by atoms with Crippen molar-refractivity contribution < 1.29 is 22.1 Å². The minimum Gasteiger partial charge on any atom is -0.493 e. The highest BCUT2D eigenvalue weighted by Gasteiger charge is 2.24. The lowest BCUT2D eigenvalue weighted by Crippen LogP contribution is -2.40. The number of halogens is 2. The van der Waals surface area contributed by atoms with Crippen molar-refractivity contribution >= 4 is 39.2 Å². The van der Waals surface area contributed by atoms with E-state index in [1.165, 1.54) is 25.3 Å². The number of amides is 1. The first kappa shape index (κ1) is 25.3. The Hall–Kier alpha value is -1.96. The summed E-state index contributed by atoms with van der Waals surface area (Å²) in [6, 6.07) is 8.91. The highest BCUT2D eigenvalue weighted by Crippen LogP contribution is 2.33. The van der Waals surface area contributed by atoms with Crippen LogP contribution in [0.5, 0.6) is 11.5 Å². The molecule has 0 bridgehead atoms. The fraction of sp³-hybridized carbons (Fsp3) is 0.409. The third kappa shape index (κ3) is 6.28. The molecule has 2 aromatic carbocycles. The first-order valence-corrected chi connectivity index (χ1v) is 12.0. The molecule has 31 heavy (non-hydrogen) atoms. The number of rotatable bonds is 9. The largest absolute Gasteiger partial charge is 0.493 e. The number of carbonyl (C=O) groups is 1. The third-order valence-electron chi connectivity index (χ3n) is 4.86. The van der Waals surface area contributed by atoms with Crippen molar-refractivity contribution in [3.63, 3.8) is 0 Å². The average Bonchev–Trinajstić information content (AvgIpc) is 2.72. The molecule has 0 aliphatic carbocycles. The van der Waals surface area contributed by atoms with Gasteiger partial charge in [-0.2, -0.15) is 8.42 Å². The second-order valence-electron chi connectivity index (χ2n) is 7.48. The molecule has 0 heterocycles. The summed E-state index contributed by atoms with van der Waals surface area (Å²) in [5.74, 6) is 0.138. The summed E-state index contributed by atoms with van der Waals surface area (Å²) in [5, 5.41) is 0.337. The van der Waals surface area contributed by atoms with Crippen LogP contribution in [0, 0.1) is 5.92 Å². The van der Waals surface area contributed by atoms with Crippen molar-refractivity contribution in [2.24, 2.45) is 5.92 Å². The molecule has 0 radical (unpaired) electrons. The maximum absolute atomic E-state index is 12.8. The Kier molecular flexibility index (Phi) is 8.63. The molecule has 1 unspecified atom stereocenters. The summed E-state index contributed by atoms with van der Waals surface area (Å²) >= 11 is 11.8. The Bertz CT molecular complexity index is 1040. The molecule has 170 valence electrons. The summed E-state index contributed by atoms with van der Waals surface area (Å²) in [6.07, 6.45) is 0.795. The lowest BCUT2D eigenvalue weighted by molar-refractivity contribution is -0.137. The molecule has 9 heteroatoms. The molecule has 0 aliphatic heterocycles. The van der Waals surface area contributed by atoms with Crippen LogP contribution in [-0.4, -0.2) is 32.4 Å². The molecule has 2 rings (SSSR count). The molecular weight excluding hydrogens is 461 g/mol. The number of ether oxygens (including phenoxy) is 1. The molecule has 6 nitrogen and oxygen atoms in total. The van der Waals surface area contributed by atoms with Gasteiger partial charge in [-0.1, -0.05) is 50.0 Å². The summed E-state index contributed by atoms with van der Waals surface area (Å²) in [7, 11) is -2.77. The second kappa shape index (κ2) is 10.6. The van der Waals surface area contributed by atoms with Crippen LogP contribution in [0.2, 0.25) is 10.0 Å². The lowest BCUT2D eigenvalue weighted by atomic mass is 10.1. The SMILES string of the molecule is CCC(C)N(Cc1ccc(OC)c(OS(=O)(=O)c2ccc(Cl)c(Cl)c2)c1)C(=O)C(C)C. The van der Waals surface area contributed by atoms with Crippen molar-refractivity contribution in [2.45, 2.75) is 51.6 Å². The number of carbonyl (C=O) groups excluding carboxylic acids is 1. The Morgan fingerprint density at radius 3 is 2.26 bits per heavy atom. The van der Waals surface area contributed by atoms with E-state index >= 15 is 0 Å². The highest BCUT2D eigenvalue weighted by molar-refractivity contribution is 7.87. The molecule has 0 N–H and O–H groups in total. The highest BCUT2D eigenvalue weighted by atomic mass is 35.5. The van der Waals surface area contributed by atoms with E-state index in [2.05, 4.69) is 0 Å². The number of benzene rings is 2. The minimum absolute atomic E-state index is 0.0205. The van der Waals surface area contributed by atoms with Gasteiger partial charge in [-0.15, -0.1) is 0 Å². The number of hydrogen-bond acceptors (Lipinski definition) is 5. The van der Waals surface area contributed by atoms with Crippen LogP contribution >= 0.6 is 23.2 Å². The van der Waals surface area contributed by atoms with Crippen molar-refractivity contribution in [2.75, 3.05) is 7.11 Å². The third-order valence-corrected chi connectivity index (χ3v) is 6.83. The van der Waals surface area contributed by atoms with Gasteiger partial charge in [-0.25, -0.2) is 0 Å². The van der Waals surface area contributed by atoms with Gasteiger partial charge in [0, 0.05) is 18.5 Å². The molecule has 1 atom stereocenters.